The number of benzene rings is 1. The maximum Gasteiger partial charge on any atom is 0.272 e. The maximum absolute atomic E-state index is 13.2. The second kappa shape index (κ2) is 5.45. The van der Waals surface area contributed by atoms with Crippen molar-refractivity contribution in [2.24, 2.45) is 0 Å². The average molecular weight is 275 g/mol. The normalized spacial score (nSPS) is 11.4. The predicted molar refractivity (Wildman–Crippen MR) is 75.4 cm³/mol. The van der Waals surface area contributed by atoms with Crippen LogP contribution in [0.5, 0.6) is 0 Å². The Labute approximate surface area is 117 Å². The van der Waals surface area contributed by atoms with E-state index < -0.39 is 0 Å². The highest BCUT2D eigenvalue weighted by molar-refractivity contribution is 5.92. The van der Waals surface area contributed by atoms with Gasteiger partial charge in [-0.2, -0.15) is 5.10 Å². The maximum atomic E-state index is 13.2. The molecular weight excluding hydrogens is 257 g/mol. The summed E-state index contributed by atoms with van der Waals surface area (Å²) < 4.78 is 14.6. The van der Waals surface area contributed by atoms with E-state index in [9.17, 15) is 9.18 Å². The first-order chi connectivity index (χ1) is 9.41. The number of rotatable bonds is 4. The van der Waals surface area contributed by atoms with Crippen molar-refractivity contribution in [3.8, 4) is 5.69 Å². The quantitative estimate of drug-likeness (QED) is 0.932. The van der Waals surface area contributed by atoms with E-state index >= 15 is 0 Å². The molecule has 1 heterocycles. The second-order valence-corrected chi connectivity index (χ2v) is 5.32. The van der Waals surface area contributed by atoms with Gasteiger partial charge in [0.15, 0.2) is 5.69 Å². The third-order valence-corrected chi connectivity index (χ3v) is 3.23. The molecule has 1 amide bonds. The largest absolute Gasteiger partial charge is 0.346 e. The van der Waals surface area contributed by atoms with Crippen LogP contribution < -0.4 is 5.32 Å². The van der Waals surface area contributed by atoms with Gasteiger partial charge in [-0.3, -0.25) is 4.79 Å². The third-order valence-electron chi connectivity index (χ3n) is 3.23. The van der Waals surface area contributed by atoms with Gasteiger partial charge < -0.3 is 5.32 Å². The Hall–Kier alpha value is -2.17. The molecule has 1 aromatic carbocycles. The number of hydrogen-bond donors (Lipinski definition) is 1. The van der Waals surface area contributed by atoms with Gasteiger partial charge in [0.05, 0.1) is 5.69 Å². The molecule has 0 saturated carbocycles. The van der Waals surface area contributed by atoms with Crippen LogP contribution in [0.25, 0.3) is 5.69 Å². The summed E-state index contributed by atoms with van der Waals surface area (Å²) in [6.45, 7) is 5.91. The lowest BCUT2D eigenvalue weighted by molar-refractivity contribution is 0.0905. The number of nitrogens with zero attached hydrogens (tertiary/aromatic N) is 2. The molecule has 5 heteroatoms. The van der Waals surface area contributed by atoms with Gasteiger partial charge in [0, 0.05) is 11.7 Å². The topological polar surface area (TPSA) is 46.9 Å². The molecule has 20 heavy (non-hydrogen) atoms. The molecule has 0 saturated heterocycles. The van der Waals surface area contributed by atoms with E-state index in [4.69, 9.17) is 0 Å². The van der Waals surface area contributed by atoms with E-state index in [1.807, 2.05) is 20.8 Å². The molecule has 4 nitrogen and oxygen atoms in total. The standard InChI is InChI=1S/C15H18FN3O/c1-4-15(2,3)17-14(20)13-8-9-19(18-13)12-7-5-6-11(16)10-12/h5-10H,4H2,1-3H3,(H,17,20). The van der Waals surface area contributed by atoms with Crippen LogP contribution >= 0.6 is 0 Å². The summed E-state index contributed by atoms with van der Waals surface area (Å²) in [6, 6.07) is 7.68. The Bertz CT molecular complexity index is 619. The van der Waals surface area contributed by atoms with Crippen molar-refractivity contribution in [1.82, 2.24) is 15.1 Å². The van der Waals surface area contributed by atoms with E-state index in [0.29, 0.717) is 11.4 Å². The summed E-state index contributed by atoms with van der Waals surface area (Å²) in [5.41, 5.74) is 0.620. The molecule has 0 radical (unpaired) electrons. The van der Waals surface area contributed by atoms with E-state index in [0.717, 1.165) is 6.42 Å². The Kier molecular flexibility index (Phi) is 3.88. The van der Waals surface area contributed by atoms with E-state index in [2.05, 4.69) is 10.4 Å². The monoisotopic (exact) mass is 275 g/mol. The zero-order valence-corrected chi connectivity index (χ0v) is 11.9. The minimum atomic E-state index is -0.337. The van der Waals surface area contributed by atoms with Gasteiger partial charge in [-0.25, -0.2) is 9.07 Å². The molecule has 106 valence electrons. The smallest absolute Gasteiger partial charge is 0.272 e. The van der Waals surface area contributed by atoms with Crippen LogP contribution in [0.2, 0.25) is 0 Å². The Morgan fingerprint density at radius 1 is 1.40 bits per heavy atom. The van der Waals surface area contributed by atoms with Crippen molar-refractivity contribution in [2.75, 3.05) is 0 Å². The highest BCUT2D eigenvalue weighted by atomic mass is 19.1. The lowest BCUT2D eigenvalue weighted by atomic mass is 10.0. The Morgan fingerprint density at radius 3 is 2.80 bits per heavy atom. The molecule has 0 atom stereocenters. The number of hydrogen-bond acceptors (Lipinski definition) is 2. The molecule has 1 aromatic heterocycles. The summed E-state index contributed by atoms with van der Waals surface area (Å²) in [5, 5.41) is 7.09. The van der Waals surface area contributed by atoms with Crippen LogP contribution in [0.15, 0.2) is 36.5 Å². The highest BCUT2D eigenvalue weighted by Gasteiger charge is 2.20. The van der Waals surface area contributed by atoms with E-state index in [1.165, 1.54) is 16.8 Å². The summed E-state index contributed by atoms with van der Waals surface area (Å²) in [6.07, 6.45) is 2.46. The fraction of sp³-hybridized carbons (Fsp3) is 0.333. The first-order valence-electron chi connectivity index (χ1n) is 6.55. The van der Waals surface area contributed by atoms with Crippen molar-refractivity contribution < 1.29 is 9.18 Å². The van der Waals surface area contributed by atoms with Gasteiger partial charge in [0.25, 0.3) is 5.91 Å². The molecule has 0 aliphatic heterocycles. The molecule has 0 aliphatic carbocycles. The molecule has 2 rings (SSSR count). The third kappa shape index (κ3) is 3.23. The number of aromatic nitrogens is 2. The fourth-order valence-corrected chi connectivity index (χ4v) is 1.67. The molecule has 0 spiro atoms. The summed E-state index contributed by atoms with van der Waals surface area (Å²) in [4.78, 5) is 12.1. The second-order valence-electron chi connectivity index (χ2n) is 5.32. The minimum Gasteiger partial charge on any atom is -0.346 e. The van der Waals surface area contributed by atoms with Gasteiger partial charge >= 0.3 is 0 Å². The first-order valence-corrected chi connectivity index (χ1v) is 6.55. The minimum absolute atomic E-state index is 0.230. The number of carbonyl (C=O) groups is 1. The molecule has 1 N–H and O–H groups in total. The van der Waals surface area contributed by atoms with Crippen LogP contribution in [0, 0.1) is 5.82 Å². The Balaban J connectivity index is 2.19. The molecule has 0 bridgehead atoms. The summed E-state index contributed by atoms with van der Waals surface area (Å²) in [7, 11) is 0. The van der Waals surface area contributed by atoms with E-state index in [-0.39, 0.29) is 17.3 Å². The van der Waals surface area contributed by atoms with Crippen LogP contribution in [0.3, 0.4) is 0 Å². The SMILES string of the molecule is CCC(C)(C)NC(=O)c1ccn(-c2cccc(F)c2)n1. The van der Waals surface area contributed by atoms with Gasteiger partial charge in [-0.15, -0.1) is 0 Å². The van der Waals surface area contributed by atoms with Crippen molar-refractivity contribution >= 4 is 5.91 Å². The average Bonchev–Trinajstić information content (AvgIpc) is 2.88. The number of nitrogens with one attached hydrogen (secondary N) is 1. The molecule has 2 aromatic rings. The summed E-state index contributed by atoms with van der Waals surface area (Å²) in [5.74, 6) is -0.567. The molecule has 0 aliphatic rings. The summed E-state index contributed by atoms with van der Waals surface area (Å²) >= 11 is 0. The number of halogens is 1. The predicted octanol–water partition coefficient (Wildman–Crippen LogP) is 2.93. The van der Waals surface area contributed by atoms with Crippen LogP contribution in [0.4, 0.5) is 4.39 Å². The van der Waals surface area contributed by atoms with Crippen molar-refractivity contribution in [3.63, 3.8) is 0 Å². The van der Waals surface area contributed by atoms with Gasteiger partial charge in [-0.05, 0) is 44.5 Å². The molecular formula is C15H18FN3O. The zero-order valence-electron chi connectivity index (χ0n) is 11.9. The van der Waals surface area contributed by atoms with Crippen molar-refractivity contribution in [3.05, 3.63) is 48.0 Å². The van der Waals surface area contributed by atoms with E-state index in [1.54, 1.807) is 24.4 Å². The molecule has 0 fully saturated rings. The van der Waals surface area contributed by atoms with Crippen molar-refractivity contribution in [1.29, 1.82) is 0 Å². The van der Waals surface area contributed by atoms with Crippen molar-refractivity contribution in [2.45, 2.75) is 32.7 Å². The lowest BCUT2D eigenvalue weighted by Crippen LogP contribution is -2.42. The zero-order chi connectivity index (χ0) is 14.8. The van der Waals surface area contributed by atoms with Gasteiger partial charge in [0.1, 0.15) is 5.82 Å². The number of carbonyl (C=O) groups excluding carboxylic acids is 1. The Morgan fingerprint density at radius 2 is 2.15 bits per heavy atom. The van der Waals surface area contributed by atoms with Crippen LogP contribution in [-0.2, 0) is 0 Å². The number of amides is 1. The lowest BCUT2D eigenvalue weighted by Gasteiger charge is -2.23. The molecule has 0 unspecified atom stereocenters. The van der Waals surface area contributed by atoms with Crippen LogP contribution in [0.1, 0.15) is 37.7 Å². The van der Waals surface area contributed by atoms with Gasteiger partial charge in [-0.1, -0.05) is 13.0 Å². The first kappa shape index (κ1) is 14.2. The fourth-order valence-electron chi connectivity index (χ4n) is 1.67. The van der Waals surface area contributed by atoms with Crippen LogP contribution in [-0.4, -0.2) is 21.2 Å². The van der Waals surface area contributed by atoms with Gasteiger partial charge in [0.2, 0.25) is 0 Å². The highest BCUT2D eigenvalue weighted by Crippen LogP contribution is 2.11.